The van der Waals surface area contributed by atoms with Crippen LogP contribution in [0.25, 0.3) is 22.2 Å². The van der Waals surface area contributed by atoms with E-state index in [1.165, 1.54) is 6.92 Å². The maximum Gasteiger partial charge on any atom is 0.254 e. The van der Waals surface area contributed by atoms with Crippen molar-refractivity contribution in [2.45, 2.75) is 6.92 Å². The van der Waals surface area contributed by atoms with Gasteiger partial charge in [0, 0.05) is 60.4 Å². The average molecular weight is 485 g/mol. The summed E-state index contributed by atoms with van der Waals surface area (Å²) in [5, 5.41) is 4.32. The Morgan fingerprint density at radius 2 is 1.63 bits per heavy atom. The van der Waals surface area contributed by atoms with Crippen LogP contribution in [-0.2, 0) is 4.79 Å². The maximum absolute atomic E-state index is 13.7. The number of benzene rings is 3. The van der Waals surface area contributed by atoms with Crippen LogP contribution in [0.3, 0.4) is 0 Å². The third kappa shape index (κ3) is 4.98. The van der Waals surface area contributed by atoms with E-state index >= 15 is 0 Å². The van der Waals surface area contributed by atoms with E-state index in [0.29, 0.717) is 23.7 Å². The zero-order chi connectivity index (χ0) is 24.4. The van der Waals surface area contributed by atoms with E-state index < -0.39 is 0 Å². The Balaban J connectivity index is 1.41. The van der Waals surface area contributed by atoms with Crippen molar-refractivity contribution >= 4 is 45.7 Å². The predicted octanol–water partition coefficient (Wildman–Crippen LogP) is 5.48. The molecule has 0 unspecified atom stereocenters. The molecule has 1 aliphatic heterocycles. The van der Waals surface area contributed by atoms with E-state index in [9.17, 15) is 9.59 Å². The summed E-state index contributed by atoms with van der Waals surface area (Å²) in [6.45, 7) is 4.22. The number of amides is 2. The number of fused-ring (bicyclic) bond motifs is 1. The molecule has 2 amide bonds. The molecule has 6 nitrogen and oxygen atoms in total. The summed E-state index contributed by atoms with van der Waals surface area (Å²) in [7, 11) is 0. The molecule has 35 heavy (non-hydrogen) atoms. The molecule has 0 spiro atoms. The zero-order valence-corrected chi connectivity index (χ0v) is 20.1. The van der Waals surface area contributed by atoms with Crippen molar-refractivity contribution in [1.29, 1.82) is 0 Å². The van der Waals surface area contributed by atoms with Crippen molar-refractivity contribution in [1.82, 2.24) is 9.88 Å². The van der Waals surface area contributed by atoms with Gasteiger partial charge in [0.1, 0.15) is 0 Å². The van der Waals surface area contributed by atoms with Gasteiger partial charge in [-0.2, -0.15) is 0 Å². The number of anilines is 2. The molecule has 176 valence electrons. The lowest BCUT2D eigenvalue weighted by Gasteiger charge is -2.36. The molecule has 0 aliphatic carbocycles. The maximum atomic E-state index is 13.7. The summed E-state index contributed by atoms with van der Waals surface area (Å²) < 4.78 is 0. The molecular formula is C28H25ClN4O2. The van der Waals surface area contributed by atoms with E-state index in [1.807, 2.05) is 83.8 Å². The third-order valence-corrected chi connectivity index (χ3v) is 6.42. The minimum absolute atomic E-state index is 0.00506. The number of piperazine rings is 1. The molecule has 4 aromatic rings. The molecule has 0 atom stereocenters. The first-order valence-electron chi connectivity index (χ1n) is 11.6. The van der Waals surface area contributed by atoms with Crippen LogP contribution in [0.5, 0.6) is 0 Å². The molecule has 1 aliphatic rings. The fourth-order valence-electron chi connectivity index (χ4n) is 4.44. The topological polar surface area (TPSA) is 65.5 Å². The fourth-order valence-corrected chi connectivity index (χ4v) is 4.62. The molecular weight excluding hydrogens is 460 g/mol. The Morgan fingerprint density at radius 3 is 2.34 bits per heavy atom. The summed E-state index contributed by atoms with van der Waals surface area (Å²) in [6, 6.07) is 24.9. The number of hydrogen-bond donors (Lipinski definition) is 1. The zero-order valence-electron chi connectivity index (χ0n) is 19.4. The van der Waals surface area contributed by atoms with Crippen LogP contribution in [0.4, 0.5) is 11.4 Å². The first kappa shape index (κ1) is 22.9. The number of carbonyl (C=O) groups is 2. The molecule has 3 aromatic carbocycles. The first-order chi connectivity index (χ1) is 17.0. The summed E-state index contributed by atoms with van der Waals surface area (Å²) in [6.07, 6.45) is 0. The van der Waals surface area contributed by atoms with Gasteiger partial charge in [-0.15, -0.1) is 0 Å². The largest absolute Gasteiger partial charge is 0.368 e. The number of nitrogens with zero attached hydrogens (tertiary/aromatic N) is 3. The Bertz CT molecular complexity index is 1400. The molecule has 1 fully saturated rings. The quantitative estimate of drug-likeness (QED) is 0.417. The summed E-state index contributed by atoms with van der Waals surface area (Å²) in [4.78, 5) is 34.0. The number of carbonyl (C=O) groups excluding carboxylic acids is 2. The normalized spacial score (nSPS) is 13.7. The highest BCUT2D eigenvalue weighted by Gasteiger charge is 2.24. The van der Waals surface area contributed by atoms with Crippen molar-refractivity contribution in [2.75, 3.05) is 36.4 Å². The van der Waals surface area contributed by atoms with Gasteiger partial charge in [-0.25, -0.2) is 4.98 Å². The number of hydrogen-bond acceptors (Lipinski definition) is 4. The van der Waals surface area contributed by atoms with E-state index in [4.69, 9.17) is 16.6 Å². The van der Waals surface area contributed by atoms with E-state index in [2.05, 4.69) is 10.2 Å². The van der Waals surface area contributed by atoms with Crippen LogP contribution < -0.4 is 10.2 Å². The van der Waals surface area contributed by atoms with Gasteiger partial charge in [0.2, 0.25) is 5.91 Å². The molecule has 0 radical (unpaired) electrons. The van der Waals surface area contributed by atoms with E-state index in [-0.39, 0.29) is 11.8 Å². The Labute approximate surface area is 209 Å². The second-order valence-corrected chi connectivity index (χ2v) is 9.03. The fraction of sp³-hybridized carbons (Fsp3) is 0.179. The number of aromatic nitrogens is 1. The monoisotopic (exact) mass is 484 g/mol. The standard InChI is InChI=1S/C28H25ClN4O2/c1-19(34)30-22-11-9-20(10-12-22)27-18-25(24-7-2-3-8-26(24)31-27)28(35)33-15-13-32(14-16-33)23-6-4-5-21(29)17-23/h2-12,17-18H,13-16H2,1H3,(H,30,34). The number of pyridine rings is 1. The lowest BCUT2D eigenvalue weighted by molar-refractivity contribution is -0.114. The van der Waals surface area contributed by atoms with Gasteiger partial charge in [0.25, 0.3) is 5.91 Å². The van der Waals surface area contributed by atoms with Crippen LogP contribution in [-0.4, -0.2) is 47.9 Å². The number of halogens is 1. The lowest BCUT2D eigenvalue weighted by atomic mass is 10.0. The molecule has 5 rings (SSSR count). The van der Waals surface area contributed by atoms with Crippen molar-refractivity contribution in [3.8, 4) is 11.3 Å². The minimum Gasteiger partial charge on any atom is -0.368 e. The van der Waals surface area contributed by atoms with Crippen LogP contribution in [0.2, 0.25) is 5.02 Å². The van der Waals surface area contributed by atoms with E-state index in [1.54, 1.807) is 0 Å². The number of rotatable bonds is 4. The smallest absolute Gasteiger partial charge is 0.254 e. The van der Waals surface area contributed by atoms with Crippen LogP contribution >= 0.6 is 11.6 Å². The lowest BCUT2D eigenvalue weighted by Crippen LogP contribution is -2.48. The predicted molar refractivity (Wildman–Crippen MR) is 141 cm³/mol. The summed E-state index contributed by atoms with van der Waals surface area (Å²) >= 11 is 6.16. The number of nitrogens with one attached hydrogen (secondary N) is 1. The van der Waals surface area contributed by atoms with Crippen LogP contribution in [0.15, 0.2) is 78.9 Å². The highest BCUT2D eigenvalue weighted by molar-refractivity contribution is 6.30. The van der Waals surface area contributed by atoms with Gasteiger partial charge in [-0.1, -0.05) is 48.0 Å². The van der Waals surface area contributed by atoms with Crippen molar-refractivity contribution in [3.05, 3.63) is 89.4 Å². The van der Waals surface area contributed by atoms with Gasteiger partial charge in [-0.3, -0.25) is 9.59 Å². The van der Waals surface area contributed by atoms with Crippen LogP contribution in [0, 0.1) is 0 Å². The Morgan fingerprint density at radius 1 is 0.886 bits per heavy atom. The van der Waals surface area contributed by atoms with Gasteiger partial charge >= 0.3 is 0 Å². The SMILES string of the molecule is CC(=O)Nc1ccc(-c2cc(C(=O)N3CCN(c4cccc(Cl)c4)CC3)c3ccccc3n2)cc1. The molecule has 1 N–H and O–H groups in total. The highest BCUT2D eigenvalue weighted by Crippen LogP contribution is 2.28. The minimum atomic E-state index is -0.120. The molecule has 1 saturated heterocycles. The average Bonchev–Trinajstić information content (AvgIpc) is 2.88. The third-order valence-electron chi connectivity index (χ3n) is 6.19. The van der Waals surface area contributed by atoms with Gasteiger partial charge in [0.15, 0.2) is 0 Å². The van der Waals surface area contributed by atoms with Crippen molar-refractivity contribution in [3.63, 3.8) is 0 Å². The molecule has 0 bridgehead atoms. The summed E-state index contributed by atoms with van der Waals surface area (Å²) in [5.41, 5.74) is 4.81. The molecule has 7 heteroatoms. The van der Waals surface area contributed by atoms with Gasteiger partial charge < -0.3 is 15.1 Å². The Hall–Kier alpha value is -3.90. The summed E-state index contributed by atoms with van der Waals surface area (Å²) in [5.74, 6) is -0.115. The second-order valence-electron chi connectivity index (χ2n) is 8.59. The van der Waals surface area contributed by atoms with Gasteiger partial charge in [-0.05, 0) is 42.5 Å². The first-order valence-corrected chi connectivity index (χ1v) is 11.9. The van der Waals surface area contributed by atoms with Gasteiger partial charge in [0.05, 0.1) is 16.8 Å². The molecule has 2 heterocycles. The van der Waals surface area contributed by atoms with E-state index in [0.717, 1.165) is 46.6 Å². The highest BCUT2D eigenvalue weighted by atomic mass is 35.5. The number of para-hydroxylation sites is 1. The van der Waals surface area contributed by atoms with Crippen molar-refractivity contribution in [2.24, 2.45) is 0 Å². The second kappa shape index (κ2) is 9.76. The molecule has 1 aromatic heterocycles. The molecule has 0 saturated carbocycles. The van der Waals surface area contributed by atoms with Crippen LogP contribution in [0.1, 0.15) is 17.3 Å². The Kier molecular flexibility index (Phi) is 6.38. The van der Waals surface area contributed by atoms with Crippen molar-refractivity contribution < 1.29 is 9.59 Å².